The molecule has 20 heavy (non-hydrogen) atoms. The van der Waals surface area contributed by atoms with Crippen molar-refractivity contribution in [3.8, 4) is 0 Å². The quantitative estimate of drug-likeness (QED) is 0.678. The second-order valence-electron chi connectivity index (χ2n) is 4.94. The molecule has 3 N–H and O–H groups in total. The van der Waals surface area contributed by atoms with E-state index in [9.17, 15) is 8.42 Å². The predicted molar refractivity (Wildman–Crippen MR) is 80.0 cm³/mol. The van der Waals surface area contributed by atoms with Crippen LogP contribution in [0.4, 0.5) is 0 Å². The van der Waals surface area contributed by atoms with Gasteiger partial charge in [0, 0.05) is 18.7 Å². The van der Waals surface area contributed by atoms with Crippen molar-refractivity contribution in [2.75, 3.05) is 13.7 Å². The van der Waals surface area contributed by atoms with E-state index in [1.807, 2.05) is 13.0 Å². The van der Waals surface area contributed by atoms with Gasteiger partial charge in [-0.2, -0.15) is 0 Å². The summed E-state index contributed by atoms with van der Waals surface area (Å²) < 4.78 is 25.9. The summed E-state index contributed by atoms with van der Waals surface area (Å²) in [4.78, 5) is 0.272. The second-order valence-corrected chi connectivity index (χ2v) is 6.82. The van der Waals surface area contributed by atoms with Crippen LogP contribution in [0.1, 0.15) is 38.3 Å². The van der Waals surface area contributed by atoms with Gasteiger partial charge in [0.1, 0.15) is 0 Å². The first kappa shape index (κ1) is 17.1. The summed E-state index contributed by atoms with van der Waals surface area (Å²) in [5.74, 6) is 0. The van der Waals surface area contributed by atoms with Crippen LogP contribution in [0.3, 0.4) is 0 Å². The van der Waals surface area contributed by atoms with E-state index >= 15 is 0 Å². The van der Waals surface area contributed by atoms with Gasteiger partial charge < -0.3 is 10.4 Å². The third kappa shape index (κ3) is 4.86. The van der Waals surface area contributed by atoms with Gasteiger partial charge in [-0.3, -0.25) is 0 Å². The lowest BCUT2D eigenvalue weighted by atomic mass is 10.1. The van der Waals surface area contributed by atoms with E-state index in [2.05, 4.69) is 17.0 Å². The molecular formula is C14H24N2O3S. The highest BCUT2D eigenvalue weighted by molar-refractivity contribution is 7.89. The molecule has 1 aromatic rings. The smallest absolute Gasteiger partial charge is 0.240 e. The minimum atomic E-state index is -3.41. The van der Waals surface area contributed by atoms with Crippen LogP contribution in [-0.4, -0.2) is 33.2 Å². The molecule has 0 aliphatic rings. The van der Waals surface area contributed by atoms with E-state index in [1.165, 1.54) is 7.05 Å². The Morgan fingerprint density at radius 1 is 1.30 bits per heavy atom. The molecule has 0 spiro atoms. The number of hydrogen-bond acceptors (Lipinski definition) is 4. The summed E-state index contributed by atoms with van der Waals surface area (Å²) in [5.41, 5.74) is 0.928. The summed E-state index contributed by atoms with van der Waals surface area (Å²) in [6.07, 6.45) is 1.64. The Morgan fingerprint density at radius 2 is 2.00 bits per heavy atom. The maximum atomic E-state index is 11.8. The lowest BCUT2D eigenvalue weighted by Crippen LogP contribution is -2.29. The van der Waals surface area contributed by atoms with Gasteiger partial charge in [0.15, 0.2) is 0 Å². The van der Waals surface area contributed by atoms with Crippen molar-refractivity contribution >= 4 is 10.0 Å². The minimum Gasteiger partial charge on any atom is -0.396 e. The molecule has 0 saturated heterocycles. The Bertz CT molecular complexity index is 517. The van der Waals surface area contributed by atoms with Crippen LogP contribution < -0.4 is 10.0 Å². The molecule has 2 atom stereocenters. The van der Waals surface area contributed by atoms with Crippen LogP contribution in [0.15, 0.2) is 29.2 Å². The summed E-state index contributed by atoms with van der Waals surface area (Å²) in [7, 11) is -2.00. The monoisotopic (exact) mass is 300 g/mol. The first-order valence-electron chi connectivity index (χ1n) is 6.81. The molecule has 0 fully saturated rings. The zero-order valence-electron chi connectivity index (χ0n) is 12.3. The lowest BCUT2D eigenvalue weighted by molar-refractivity contribution is 0.274. The number of sulfonamides is 1. The fourth-order valence-corrected chi connectivity index (χ4v) is 2.86. The van der Waals surface area contributed by atoms with Gasteiger partial charge in [0.25, 0.3) is 0 Å². The van der Waals surface area contributed by atoms with E-state index in [0.29, 0.717) is 0 Å². The molecular weight excluding hydrogens is 276 g/mol. The summed E-state index contributed by atoms with van der Waals surface area (Å²) in [6.45, 7) is 4.25. The van der Waals surface area contributed by atoms with Gasteiger partial charge in [-0.15, -0.1) is 0 Å². The molecule has 0 amide bonds. The Labute approximate surface area is 121 Å². The first-order chi connectivity index (χ1) is 9.40. The van der Waals surface area contributed by atoms with Gasteiger partial charge in [0.2, 0.25) is 10.0 Å². The second kappa shape index (κ2) is 7.73. The van der Waals surface area contributed by atoms with Crippen molar-refractivity contribution in [2.24, 2.45) is 0 Å². The standard InChI is InChI=1S/C14H24N2O3S/c1-11(6-5-9-17)16-12(2)13-7-4-8-14(10-13)20(18,19)15-3/h4,7-8,10-12,15-17H,5-6,9H2,1-3H3. The van der Waals surface area contributed by atoms with Crippen LogP contribution in [-0.2, 0) is 10.0 Å². The van der Waals surface area contributed by atoms with E-state index in [0.717, 1.165) is 18.4 Å². The fraction of sp³-hybridized carbons (Fsp3) is 0.571. The largest absolute Gasteiger partial charge is 0.396 e. The molecule has 0 aliphatic heterocycles. The molecule has 1 rings (SSSR count). The third-order valence-corrected chi connectivity index (χ3v) is 4.68. The molecule has 5 nitrogen and oxygen atoms in total. The van der Waals surface area contributed by atoms with E-state index < -0.39 is 10.0 Å². The zero-order chi connectivity index (χ0) is 15.2. The molecule has 1 aromatic carbocycles. The average Bonchev–Trinajstić information content (AvgIpc) is 2.45. The zero-order valence-corrected chi connectivity index (χ0v) is 13.1. The Kier molecular flexibility index (Phi) is 6.61. The highest BCUT2D eigenvalue weighted by Gasteiger charge is 2.14. The summed E-state index contributed by atoms with van der Waals surface area (Å²) >= 11 is 0. The summed E-state index contributed by atoms with van der Waals surface area (Å²) in [5, 5.41) is 12.2. The van der Waals surface area contributed by atoms with E-state index in [-0.39, 0.29) is 23.6 Å². The Morgan fingerprint density at radius 3 is 2.60 bits per heavy atom. The number of benzene rings is 1. The molecule has 0 saturated carbocycles. The van der Waals surface area contributed by atoms with Gasteiger partial charge in [0.05, 0.1) is 4.90 Å². The van der Waals surface area contributed by atoms with E-state index in [1.54, 1.807) is 18.2 Å². The number of aliphatic hydroxyl groups is 1. The van der Waals surface area contributed by atoms with Crippen molar-refractivity contribution < 1.29 is 13.5 Å². The van der Waals surface area contributed by atoms with Crippen LogP contribution in [0, 0.1) is 0 Å². The topological polar surface area (TPSA) is 78.4 Å². The Hall–Kier alpha value is -0.950. The summed E-state index contributed by atoms with van der Waals surface area (Å²) in [6, 6.07) is 7.23. The lowest BCUT2D eigenvalue weighted by Gasteiger charge is -2.20. The maximum absolute atomic E-state index is 11.8. The molecule has 6 heteroatoms. The SMILES string of the molecule is CNS(=O)(=O)c1cccc(C(C)NC(C)CCCO)c1. The average molecular weight is 300 g/mol. The highest BCUT2D eigenvalue weighted by atomic mass is 32.2. The van der Waals surface area contributed by atoms with Crippen LogP contribution >= 0.6 is 0 Å². The van der Waals surface area contributed by atoms with Gasteiger partial charge in [-0.05, 0) is 51.4 Å². The fourth-order valence-electron chi connectivity index (χ4n) is 2.07. The van der Waals surface area contributed by atoms with Crippen molar-refractivity contribution in [1.29, 1.82) is 0 Å². The normalized spacial score (nSPS) is 15.0. The first-order valence-corrected chi connectivity index (χ1v) is 8.29. The van der Waals surface area contributed by atoms with Crippen molar-refractivity contribution in [3.63, 3.8) is 0 Å². The van der Waals surface area contributed by atoms with Crippen LogP contribution in [0.25, 0.3) is 0 Å². The van der Waals surface area contributed by atoms with Crippen molar-refractivity contribution in [1.82, 2.24) is 10.0 Å². The molecule has 0 aromatic heterocycles. The highest BCUT2D eigenvalue weighted by Crippen LogP contribution is 2.18. The Balaban J connectivity index is 2.79. The molecule has 0 aliphatic carbocycles. The van der Waals surface area contributed by atoms with Gasteiger partial charge in [-0.1, -0.05) is 12.1 Å². The van der Waals surface area contributed by atoms with Gasteiger partial charge in [-0.25, -0.2) is 13.1 Å². The number of hydrogen-bond donors (Lipinski definition) is 3. The minimum absolute atomic E-state index is 0.0516. The van der Waals surface area contributed by atoms with E-state index in [4.69, 9.17) is 5.11 Å². The number of rotatable bonds is 8. The number of nitrogens with one attached hydrogen (secondary N) is 2. The predicted octanol–water partition coefficient (Wildman–Crippen LogP) is 1.41. The maximum Gasteiger partial charge on any atom is 0.240 e. The van der Waals surface area contributed by atoms with Gasteiger partial charge >= 0.3 is 0 Å². The molecule has 114 valence electrons. The van der Waals surface area contributed by atoms with Crippen LogP contribution in [0.2, 0.25) is 0 Å². The molecule has 0 heterocycles. The van der Waals surface area contributed by atoms with Crippen molar-refractivity contribution in [3.05, 3.63) is 29.8 Å². The molecule has 2 unspecified atom stereocenters. The van der Waals surface area contributed by atoms with Crippen molar-refractivity contribution in [2.45, 2.75) is 43.7 Å². The number of aliphatic hydroxyl groups excluding tert-OH is 1. The third-order valence-electron chi connectivity index (χ3n) is 3.27. The molecule has 0 bridgehead atoms. The molecule has 0 radical (unpaired) electrons. The van der Waals surface area contributed by atoms with Crippen LogP contribution in [0.5, 0.6) is 0 Å².